The van der Waals surface area contributed by atoms with Crippen LogP contribution in [0.1, 0.15) is 17.3 Å². The molecule has 17 heavy (non-hydrogen) atoms. The standard InChI is InChI=1S/C10H15N3O3S/c1-7(6-17(2,15)16)13-10(14)8-5-12-4-3-9(8)11/h3-5,7H,6H2,1-2H3,(H2,11,12)(H,13,14). The van der Waals surface area contributed by atoms with Crippen LogP contribution in [0.2, 0.25) is 0 Å². The molecule has 0 aromatic carbocycles. The highest BCUT2D eigenvalue weighted by atomic mass is 32.2. The fourth-order valence-electron chi connectivity index (χ4n) is 1.39. The number of aromatic nitrogens is 1. The molecule has 0 fully saturated rings. The van der Waals surface area contributed by atoms with E-state index in [-0.39, 0.29) is 11.3 Å². The molecular weight excluding hydrogens is 242 g/mol. The summed E-state index contributed by atoms with van der Waals surface area (Å²) in [6.45, 7) is 1.62. The molecule has 1 heterocycles. The molecule has 6 nitrogen and oxygen atoms in total. The Morgan fingerprint density at radius 1 is 1.59 bits per heavy atom. The third-order valence-electron chi connectivity index (χ3n) is 2.03. The van der Waals surface area contributed by atoms with Crippen molar-refractivity contribution in [2.45, 2.75) is 13.0 Å². The molecule has 1 amide bonds. The fourth-order valence-corrected chi connectivity index (χ4v) is 2.38. The summed E-state index contributed by atoms with van der Waals surface area (Å²) in [6.07, 6.45) is 3.94. The summed E-state index contributed by atoms with van der Waals surface area (Å²) in [4.78, 5) is 15.5. The number of nitrogen functional groups attached to an aromatic ring is 1. The van der Waals surface area contributed by atoms with E-state index < -0.39 is 21.8 Å². The number of nitrogens with one attached hydrogen (secondary N) is 1. The van der Waals surface area contributed by atoms with Crippen LogP contribution in [0.15, 0.2) is 18.5 Å². The minimum atomic E-state index is -3.12. The van der Waals surface area contributed by atoms with Crippen molar-refractivity contribution in [3.8, 4) is 0 Å². The Bertz CT molecular complexity index is 513. The Hall–Kier alpha value is -1.63. The molecule has 3 N–H and O–H groups in total. The lowest BCUT2D eigenvalue weighted by molar-refractivity contribution is 0.0944. The molecule has 7 heteroatoms. The fraction of sp³-hybridized carbons (Fsp3) is 0.400. The van der Waals surface area contributed by atoms with E-state index in [0.29, 0.717) is 5.69 Å². The Kier molecular flexibility index (Phi) is 4.06. The number of anilines is 1. The van der Waals surface area contributed by atoms with Gasteiger partial charge in [0.2, 0.25) is 0 Å². The predicted molar refractivity (Wildman–Crippen MR) is 65.3 cm³/mol. The molecular formula is C10H15N3O3S. The second-order valence-corrected chi connectivity index (χ2v) is 6.11. The third kappa shape index (κ3) is 4.39. The van der Waals surface area contributed by atoms with Crippen molar-refractivity contribution < 1.29 is 13.2 Å². The van der Waals surface area contributed by atoms with Gasteiger partial charge in [0.25, 0.3) is 5.91 Å². The average molecular weight is 257 g/mol. The summed E-state index contributed by atoms with van der Waals surface area (Å²) in [7, 11) is -3.12. The van der Waals surface area contributed by atoms with E-state index >= 15 is 0 Å². The second kappa shape index (κ2) is 5.13. The van der Waals surface area contributed by atoms with Crippen LogP contribution in [-0.4, -0.2) is 37.4 Å². The van der Waals surface area contributed by atoms with Crippen molar-refractivity contribution in [1.29, 1.82) is 0 Å². The highest BCUT2D eigenvalue weighted by molar-refractivity contribution is 7.90. The molecule has 0 aliphatic heterocycles. The molecule has 0 saturated carbocycles. The summed E-state index contributed by atoms with van der Waals surface area (Å²) in [5, 5.41) is 2.56. The van der Waals surface area contributed by atoms with Gasteiger partial charge in [-0.05, 0) is 13.0 Å². The lowest BCUT2D eigenvalue weighted by atomic mass is 10.2. The van der Waals surface area contributed by atoms with Gasteiger partial charge in [-0.1, -0.05) is 0 Å². The molecule has 1 rings (SSSR count). The van der Waals surface area contributed by atoms with Crippen LogP contribution < -0.4 is 11.1 Å². The zero-order valence-corrected chi connectivity index (χ0v) is 10.5. The van der Waals surface area contributed by atoms with Crippen LogP contribution in [-0.2, 0) is 9.84 Å². The number of rotatable bonds is 4. The van der Waals surface area contributed by atoms with Crippen LogP contribution in [0.25, 0.3) is 0 Å². The van der Waals surface area contributed by atoms with Crippen molar-refractivity contribution in [3.63, 3.8) is 0 Å². The maximum Gasteiger partial charge on any atom is 0.255 e. The van der Waals surface area contributed by atoms with Crippen molar-refractivity contribution in [3.05, 3.63) is 24.0 Å². The zero-order valence-electron chi connectivity index (χ0n) is 9.67. The maximum absolute atomic E-state index is 11.7. The van der Waals surface area contributed by atoms with Gasteiger partial charge >= 0.3 is 0 Å². The number of carbonyl (C=O) groups excluding carboxylic acids is 1. The molecule has 0 saturated heterocycles. The van der Waals surface area contributed by atoms with Crippen molar-refractivity contribution in [2.24, 2.45) is 0 Å². The number of hydrogen-bond acceptors (Lipinski definition) is 5. The molecule has 1 unspecified atom stereocenters. The molecule has 94 valence electrons. The van der Waals surface area contributed by atoms with Crippen LogP contribution >= 0.6 is 0 Å². The van der Waals surface area contributed by atoms with E-state index in [1.807, 2.05) is 0 Å². The summed E-state index contributed by atoms with van der Waals surface area (Å²) < 4.78 is 22.1. The Balaban J connectivity index is 2.71. The van der Waals surface area contributed by atoms with Gasteiger partial charge in [-0.25, -0.2) is 8.42 Å². The molecule has 0 aliphatic rings. The van der Waals surface area contributed by atoms with Gasteiger partial charge in [0.1, 0.15) is 9.84 Å². The van der Waals surface area contributed by atoms with Gasteiger partial charge in [0, 0.05) is 30.4 Å². The monoisotopic (exact) mass is 257 g/mol. The summed E-state index contributed by atoms with van der Waals surface area (Å²) in [5.41, 5.74) is 6.16. The minimum absolute atomic E-state index is 0.112. The lowest BCUT2D eigenvalue weighted by Crippen LogP contribution is -2.37. The van der Waals surface area contributed by atoms with Gasteiger partial charge in [-0.3, -0.25) is 9.78 Å². The zero-order chi connectivity index (χ0) is 13.1. The van der Waals surface area contributed by atoms with Crippen molar-refractivity contribution >= 4 is 21.4 Å². The number of amides is 1. The number of sulfone groups is 1. The van der Waals surface area contributed by atoms with E-state index in [1.165, 1.54) is 18.5 Å². The van der Waals surface area contributed by atoms with Gasteiger partial charge < -0.3 is 11.1 Å². The van der Waals surface area contributed by atoms with Crippen LogP contribution in [0.3, 0.4) is 0 Å². The summed E-state index contributed by atoms with van der Waals surface area (Å²) in [5.74, 6) is -0.537. The minimum Gasteiger partial charge on any atom is -0.398 e. The van der Waals surface area contributed by atoms with E-state index in [0.717, 1.165) is 6.26 Å². The highest BCUT2D eigenvalue weighted by Crippen LogP contribution is 2.08. The maximum atomic E-state index is 11.7. The quantitative estimate of drug-likeness (QED) is 0.779. The lowest BCUT2D eigenvalue weighted by Gasteiger charge is -2.13. The molecule has 1 atom stereocenters. The largest absolute Gasteiger partial charge is 0.398 e. The third-order valence-corrected chi connectivity index (χ3v) is 3.14. The number of nitrogens with two attached hydrogens (primary N) is 1. The number of carbonyl (C=O) groups is 1. The van der Waals surface area contributed by atoms with E-state index in [1.54, 1.807) is 6.92 Å². The highest BCUT2D eigenvalue weighted by Gasteiger charge is 2.15. The molecule has 0 bridgehead atoms. The van der Waals surface area contributed by atoms with E-state index in [2.05, 4.69) is 10.3 Å². The van der Waals surface area contributed by atoms with Crippen LogP contribution in [0.5, 0.6) is 0 Å². The normalized spacial score (nSPS) is 13.1. The van der Waals surface area contributed by atoms with Gasteiger partial charge in [0.05, 0.1) is 11.3 Å². The van der Waals surface area contributed by atoms with E-state index in [9.17, 15) is 13.2 Å². The van der Waals surface area contributed by atoms with Crippen LogP contribution in [0.4, 0.5) is 5.69 Å². The molecule has 0 spiro atoms. The Morgan fingerprint density at radius 3 is 2.76 bits per heavy atom. The topological polar surface area (TPSA) is 102 Å². The Labute approximate surface area is 100 Å². The molecule has 0 aliphatic carbocycles. The van der Waals surface area contributed by atoms with Crippen molar-refractivity contribution in [2.75, 3.05) is 17.7 Å². The molecule has 0 radical (unpaired) electrons. The van der Waals surface area contributed by atoms with Crippen LogP contribution in [0, 0.1) is 0 Å². The predicted octanol–water partition coefficient (Wildman–Crippen LogP) is -0.173. The van der Waals surface area contributed by atoms with Crippen molar-refractivity contribution in [1.82, 2.24) is 10.3 Å². The summed E-state index contributed by atoms with van der Waals surface area (Å²) >= 11 is 0. The number of nitrogens with zero attached hydrogens (tertiary/aromatic N) is 1. The SMILES string of the molecule is CC(CS(C)(=O)=O)NC(=O)c1cnccc1N. The molecule has 1 aromatic rings. The second-order valence-electron chi connectivity index (χ2n) is 3.93. The smallest absolute Gasteiger partial charge is 0.255 e. The number of hydrogen-bond donors (Lipinski definition) is 2. The molecule has 1 aromatic heterocycles. The summed E-state index contributed by atoms with van der Waals surface area (Å²) in [6, 6.07) is 1.04. The van der Waals surface area contributed by atoms with E-state index in [4.69, 9.17) is 5.73 Å². The van der Waals surface area contributed by atoms with Gasteiger partial charge in [-0.2, -0.15) is 0 Å². The first-order valence-electron chi connectivity index (χ1n) is 4.97. The first kappa shape index (κ1) is 13.4. The van der Waals surface area contributed by atoms with Gasteiger partial charge in [-0.15, -0.1) is 0 Å². The first-order chi connectivity index (χ1) is 7.79. The number of pyridine rings is 1. The Morgan fingerprint density at radius 2 is 2.24 bits per heavy atom. The average Bonchev–Trinajstić information content (AvgIpc) is 2.14. The first-order valence-corrected chi connectivity index (χ1v) is 7.03. The van der Waals surface area contributed by atoms with Gasteiger partial charge in [0.15, 0.2) is 0 Å².